The Morgan fingerprint density at radius 2 is 1.72 bits per heavy atom. The Labute approximate surface area is 166 Å². The average Bonchev–Trinajstić information content (AvgIpc) is 2.72. The second-order valence-electron chi connectivity index (χ2n) is 5.72. The molecule has 2 rings (SSSR count). The van der Waals surface area contributed by atoms with Crippen molar-refractivity contribution in [3.05, 3.63) is 52.1 Å². The number of esters is 1. The van der Waals surface area contributed by atoms with Crippen LogP contribution in [0.2, 0.25) is 0 Å². The summed E-state index contributed by atoms with van der Waals surface area (Å²) < 4.78 is 20.6. The number of carbonyl (C=O) groups is 2. The van der Waals surface area contributed by atoms with Crippen molar-refractivity contribution in [2.24, 2.45) is 0 Å². The lowest BCUT2D eigenvalue weighted by Gasteiger charge is -2.16. The van der Waals surface area contributed by atoms with E-state index >= 15 is 0 Å². The number of non-ortho nitro benzene ring substituents is 1. The molecule has 29 heavy (non-hydrogen) atoms. The monoisotopic (exact) mass is 404 g/mol. The predicted molar refractivity (Wildman–Crippen MR) is 103 cm³/mol. The van der Waals surface area contributed by atoms with Crippen LogP contribution in [-0.4, -0.2) is 44.2 Å². The molecule has 154 valence electrons. The van der Waals surface area contributed by atoms with Crippen LogP contribution in [0.15, 0.2) is 36.4 Å². The van der Waals surface area contributed by atoms with Crippen LogP contribution in [0.25, 0.3) is 0 Å². The molecule has 10 heteroatoms. The zero-order valence-electron chi connectivity index (χ0n) is 16.3. The van der Waals surface area contributed by atoms with Crippen LogP contribution in [0.3, 0.4) is 0 Å². The molecule has 0 radical (unpaired) electrons. The van der Waals surface area contributed by atoms with Gasteiger partial charge in [-0.3, -0.25) is 14.9 Å². The molecule has 0 saturated heterocycles. The highest BCUT2D eigenvalue weighted by Crippen LogP contribution is 2.32. The lowest BCUT2D eigenvalue weighted by Crippen LogP contribution is -2.30. The molecule has 0 bridgehead atoms. The standard InChI is InChI=1S/C19H20N2O8/c1-11(29-19(23)13-6-5-7-16(27-3)17(13)28-4)18(22)20-14-10-12(21(24)25)8-9-15(14)26-2/h5-11H,1-4H3,(H,20,22)/t11-/m0/s1. The van der Waals surface area contributed by atoms with E-state index in [-0.39, 0.29) is 28.4 Å². The Morgan fingerprint density at radius 3 is 2.31 bits per heavy atom. The van der Waals surface area contributed by atoms with E-state index in [9.17, 15) is 19.7 Å². The number of hydrogen-bond acceptors (Lipinski definition) is 8. The minimum Gasteiger partial charge on any atom is -0.495 e. The third-order valence-electron chi connectivity index (χ3n) is 3.93. The van der Waals surface area contributed by atoms with Gasteiger partial charge >= 0.3 is 5.97 Å². The second-order valence-corrected chi connectivity index (χ2v) is 5.72. The van der Waals surface area contributed by atoms with Crippen LogP contribution < -0.4 is 19.5 Å². The summed E-state index contributed by atoms with van der Waals surface area (Å²) in [6, 6.07) is 8.41. The Bertz CT molecular complexity index is 928. The highest BCUT2D eigenvalue weighted by molar-refractivity contribution is 5.99. The van der Waals surface area contributed by atoms with Crippen LogP contribution >= 0.6 is 0 Å². The number of amides is 1. The van der Waals surface area contributed by atoms with E-state index < -0.39 is 22.9 Å². The van der Waals surface area contributed by atoms with E-state index in [2.05, 4.69) is 5.32 Å². The maximum absolute atomic E-state index is 12.5. The molecule has 0 aromatic heterocycles. The quantitative estimate of drug-likeness (QED) is 0.404. The fourth-order valence-corrected chi connectivity index (χ4v) is 2.47. The molecule has 1 amide bonds. The number of nitrogens with one attached hydrogen (secondary N) is 1. The third kappa shape index (κ3) is 4.92. The summed E-state index contributed by atoms with van der Waals surface area (Å²) in [6.45, 7) is 1.36. The minimum atomic E-state index is -1.21. The molecule has 0 spiro atoms. The van der Waals surface area contributed by atoms with Gasteiger partial charge in [-0.25, -0.2) is 4.79 Å². The van der Waals surface area contributed by atoms with Crippen molar-refractivity contribution >= 4 is 23.3 Å². The zero-order valence-corrected chi connectivity index (χ0v) is 16.3. The Morgan fingerprint density at radius 1 is 1.03 bits per heavy atom. The van der Waals surface area contributed by atoms with Crippen LogP contribution in [-0.2, 0) is 9.53 Å². The van der Waals surface area contributed by atoms with Gasteiger partial charge in [0.2, 0.25) is 0 Å². The number of methoxy groups -OCH3 is 3. The molecule has 1 atom stereocenters. The van der Waals surface area contributed by atoms with Gasteiger partial charge in [0.05, 0.1) is 31.9 Å². The van der Waals surface area contributed by atoms with Crippen molar-refractivity contribution < 1.29 is 33.5 Å². The SMILES string of the molecule is COc1ccc([N+](=O)[O-])cc1NC(=O)[C@H](C)OC(=O)c1cccc(OC)c1OC. The van der Waals surface area contributed by atoms with E-state index in [1.807, 2.05) is 0 Å². The minimum absolute atomic E-state index is 0.0774. The molecule has 0 aliphatic rings. The molecule has 10 nitrogen and oxygen atoms in total. The number of nitrogens with zero attached hydrogens (tertiary/aromatic N) is 1. The number of hydrogen-bond donors (Lipinski definition) is 1. The topological polar surface area (TPSA) is 126 Å². The highest BCUT2D eigenvalue weighted by Gasteiger charge is 2.24. The molecule has 0 unspecified atom stereocenters. The largest absolute Gasteiger partial charge is 0.495 e. The summed E-state index contributed by atoms with van der Waals surface area (Å²) in [4.78, 5) is 35.3. The molecule has 2 aromatic carbocycles. The molecular formula is C19H20N2O8. The number of ether oxygens (including phenoxy) is 4. The van der Waals surface area contributed by atoms with Crippen LogP contribution in [0.5, 0.6) is 17.2 Å². The second kappa shape index (κ2) is 9.40. The summed E-state index contributed by atoms with van der Waals surface area (Å²) in [5.74, 6) is -0.765. The number of rotatable bonds is 8. The first-order valence-electron chi connectivity index (χ1n) is 8.37. The first-order chi connectivity index (χ1) is 13.8. The van der Waals surface area contributed by atoms with E-state index in [0.717, 1.165) is 6.07 Å². The zero-order chi connectivity index (χ0) is 21.6. The smallest absolute Gasteiger partial charge is 0.342 e. The Balaban J connectivity index is 2.17. The van der Waals surface area contributed by atoms with Crippen molar-refractivity contribution in [3.63, 3.8) is 0 Å². The summed E-state index contributed by atoms with van der Waals surface area (Å²) >= 11 is 0. The van der Waals surface area contributed by atoms with Crippen molar-refractivity contribution in [1.29, 1.82) is 0 Å². The van der Waals surface area contributed by atoms with Crippen LogP contribution in [0.1, 0.15) is 17.3 Å². The van der Waals surface area contributed by atoms with Gasteiger partial charge in [0.1, 0.15) is 11.3 Å². The van der Waals surface area contributed by atoms with Gasteiger partial charge in [-0.2, -0.15) is 0 Å². The van der Waals surface area contributed by atoms with Crippen molar-refractivity contribution in [2.75, 3.05) is 26.6 Å². The Kier molecular flexibility index (Phi) is 6.96. The van der Waals surface area contributed by atoms with E-state index in [1.54, 1.807) is 12.1 Å². The van der Waals surface area contributed by atoms with E-state index in [1.165, 1.54) is 46.5 Å². The third-order valence-corrected chi connectivity index (χ3v) is 3.93. The molecule has 0 heterocycles. The molecule has 0 aliphatic carbocycles. The molecular weight excluding hydrogens is 384 g/mol. The summed E-state index contributed by atoms with van der Waals surface area (Å²) in [5, 5.41) is 13.4. The van der Waals surface area contributed by atoms with E-state index in [4.69, 9.17) is 18.9 Å². The maximum atomic E-state index is 12.5. The number of benzene rings is 2. The van der Waals surface area contributed by atoms with Crippen molar-refractivity contribution in [2.45, 2.75) is 13.0 Å². The predicted octanol–water partition coefficient (Wildman–Crippen LogP) is 2.80. The van der Waals surface area contributed by atoms with Gasteiger partial charge in [0.15, 0.2) is 17.6 Å². The number of carbonyl (C=O) groups excluding carboxylic acids is 2. The number of nitro groups is 1. The first kappa shape index (κ1) is 21.5. The fraction of sp³-hybridized carbons (Fsp3) is 0.263. The maximum Gasteiger partial charge on any atom is 0.342 e. The van der Waals surface area contributed by atoms with E-state index in [0.29, 0.717) is 5.75 Å². The van der Waals surface area contributed by atoms with Gasteiger partial charge in [0.25, 0.3) is 11.6 Å². The van der Waals surface area contributed by atoms with Gasteiger partial charge in [-0.15, -0.1) is 0 Å². The number of anilines is 1. The lowest BCUT2D eigenvalue weighted by molar-refractivity contribution is -0.384. The lowest BCUT2D eigenvalue weighted by atomic mass is 10.2. The molecule has 1 N–H and O–H groups in total. The van der Waals surface area contributed by atoms with Crippen molar-refractivity contribution in [3.8, 4) is 17.2 Å². The van der Waals surface area contributed by atoms with Gasteiger partial charge in [-0.1, -0.05) is 6.07 Å². The van der Waals surface area contributed by atoms with Crippen molar-refractivity contribution in [1.82, 2.24) is 0 Å². The van der Waals surface area contributed by atoms with Crippen LogP contribution in [0.4, 0.5) is 11.4 Å². The Hall–Kier alpha value is -3.82. The van der Waals surface area contributed by atoms with Gasteiger partial charge in [-0.05, 0) is 25.1 Å². The highest BCUT2D eigenvalue weighted by atomic mass is 16.6. The van der Waals surface area contributed by atoms with Crippen LogP contribution in [0, 0.1) is 10.1 Å². The molecule has 2 aromatic rings. The number of para-hydroxylation sites is 1. The molecule has 0 aliphatic heterocycles. The van der Waals surface area contributed by atoms with Gasteiger partial charge in [0, 0.05) is 12.1 Å². The molecule has 0 fully saturated rings. The normalized spacial score (nSPS) is 11.2. The first-order valence-corrected chi connectivity index (χ1v) is 8.37. The fourth-order valence-electron chi connectivity index (χ4n) is 2.47. The number of nitro benzene ring substituents is 1. The van der Waals surface area contributed by atoms with Gasteiger partial charge < -0.3 is 24.3 Å². The summed E-state index contributed by atoms with van der Waals surface area (Å²) in [6.07, 6.45) is -1.21. The average molecular weight is 404 g/mol. The molecule has 0 saturated carbocycles. The summed E-state index contributed by atoms with van der Waals surface area (Å²) in [7, 11) is 4.16. The summed E-state index contributed by atoms with van der Waals surface area (Å²) in [5.41, 5.74) is -0.0696.